The van der Waals surface area contributed by atoms with Gasteiger partial charge in [0, 0.05) is 24.0 Å². The maximum atomic E-state index is 12.2. The molecule has 19 heavy (non-hydrogen) atoms. The largest absolute Gasteiger partial charge is 0.480 e. The molecule has 2 N–H and O–H groups in total. The van der Waals surface area contributed by atoms with Crippen molar-refractivity contribution in [2.45, 2.75) is 31.4 Å². The fourth-order valence-electron chi connectivity index (χ4n) is 2.63. The summed E-state index contributed by atoms with van der Waals surface area (Å²) in [5.41, 5.74) is 1.01. The van der Waals surface area contributed by atoms with Crippen molar-refractivity contribution < 1.29 is 9.53 Å². The number of nitrogens with one attached hydrogen (secondary N) is 2. The third kappa shape index (κ3) is 2.85. The number of hydrogen-bond donors (Lipinski definition) is 2. The van der Waals surface area contributed by atoms with Crippen LogP contribution in [-0.4, -0.2) is 31.1 Å². The lowest BCUT2D eigenvalue weighted by atomic mass is 10.1. The highest BCUT2D eigenvalue weighted by Crippen LogP contribution is 2.31. The number of carbonyl (C=O) groups is 1. The monoisotopic (exact) mass is 280 g/mol. The van der Waals surface area contributed by atoms with Crippen molar-refractivity contribution in [3.63, 3.8) is 0 Å². The lowest BCUT2D eigenvalue weighted by Crippen LogP contribution is -2.49. The molecule has 3 rings (SSSR count). The first-order valence-electron chi connectivity index (χ1n) is 6.68. The van der Waals surface area contributed by atoms with E-state index in [4.69, 9.17) is 16.3 Å². The highest BCUT2D eigenvalue weighted by Gasteiger charge is 2.30. The molecular formula is C14H17ClN2O2. The number of ether oxygens (including phenoxy) is 1. The van der Waals surface area contributed by atoms with Crippen LogP contribution in [0.4, 0.5) is 0 Å². The minimum atomic E-state index is -0.421. The third-order valence-corrected chi connectivity index (χ3v) is 3.87. The summed E-state index contributed by atoms with van der Waals surface area (Å²) in [5, 5.41) is 7.01. The highest BCUT2D eigenvalue weighted by atomic mass is 35.5. The topological polar surface area (TPSA) is 50.4 Å². The summed E-state index contributed by atoms with van der Waals surface area (Å²) >= 11 is 5.94. The number of rotatable bonds is 2. The van der Waals surface area contributed by atoms with Crippen molar-refractivity contribution >= 4 is 17.5 Å². The first-order chi connectivity index (χ1) is 9.22. The van der Waals surface area contributed by atoms with E-state index in [0.717, 1.165) is 37.2 Å². The van der Waals surface area contributed by atoms with Crippen molar-refractivity contribution in [2.24, 2.45) is 0 Å². The minimum Gasteiger partial charge on any atom is -0.480 e. The Hall–Kier alpha value is -1.26. The number of halogens is 1. The smallest absolute Gasteiger partial charge is 0.261 e. The Morgan fingerprint density at radius 3 is 3.16 bits per heavy atom. The summed E-state index contributed by atoms with van der Waals surface area (Å²) in [6, 6.07) is 5.70. The highest BCUT2D eigenvalue weighted by molar-refractivity contribution is 6.30. The number of fused-ring (bicyclic) bond motifs is 1. The zero-order chi connectivity index (χ0) is 13.2. The van der Waals surface area contributed by atoms with E-state index < -0.39 is 6.10 Å². The molecule has 2 aliphatic heterocycles. The number of carbonyl (C=O) groups excluding carboxylic acids is 1. The summed E-state index contributed by atoms with van der Waals surface area (Å²) in [4.78, 5) is 12.2. The maximum absolute atomic E-state index is 12.2. The second kappa shape index (κ2) is 5.39. The van der Waals surface area contributed by atoms with Crippen molar-refractivity contribution in [3.05, 3.63) is 28.8 Å². The molecule has 0 saturated carbocycles. The van der Waals surface area contributed by atoms with E-state index in [-0.39, 0.29) is 11.9 Å². The molecule has 1 amide bonds. The molecule has 5 heteroatoms. The van der Waals surface area contributed by atoms with Crippen LogP contribution >= 0.6 is 11.6 Å². The SMILES string of the molecule is O=C(NC1CCCNC1)C1Cc2cc(Cl)ccc2O1. The second-order valence-corrected chi connectivity index (χ2v) is 5.55. The molecule has 1 aromatic rings. The van der Waals surface area contributed by atoms with Crippen LogP contribution in [0.2, 0.25) is 5.02 Å². The summed E-state index contributed by atoms with van der Waals surface area (Å²) in [6.45, 7) is 1.88. The molecule has 1 saturated heterocycles. The van der Waals surface area contributed by atoms with Crippen molar-refractivity contribution in [1.29, 1.82) is 0 Å². The predicted octanol–water partition coefficient (Wildman–Crippen LogP) is 1.51. The summed E-state index contributed by atoms with van der Waals surface area (Å²) < 4.78 is 5.67. The van der Waals surface area contributed by atoms with Gasteiger partial charge in [-0.1, -0.05) is 11.6 Å². The Kier molecular flexibility index (Phi) is 3.62. The van der Waals surface area contributed by atoms with Crippen LogP contribution in [0.15, 0.2) is 18.2 Å². The van der Waals surface area contributed by atoms with Crippen LogP contribution in [0.1, 0.15) is 18.4 Å². The van der Waals surface area contributed by atoms with Crippen molar-refractivity contribution in [1.82, 2.24) is 10.6 Å². The lowest BCUT2D eigenvalue weighted by Gasteiger charge is -2.25. The Morgan fingerprint density at radius 1 is 1.47 bits per heavy atom. The molecule has 0 radical (unpaired) electrons. The van der Waals surface area contributed by atoms with Gasteiger partial charge in [-0.25, -0.2) is 0 Å². The molecule has 4 nitrogen and oxygen atoms in total. The molecule has 2 atom stereocenters. The number of amides is 1. The first-order valence-corrected chi connectivity index (χ1v) is 7.06. The molecule has 0 aromatic heterocycles. The Balaban J connectivity index is 1.60. The van der Waals surface area contributed by atoms with Crippen molar-refractivity contribution in [3.8, 4) is 5.75 Å². The quantitative estimate of drug-likeness (QED) is 0.863. The van der Waals surface area contributed by atoms with Gasteiger partial charge >= 0.3 is 0 Å². The van der Waals surface area contributed by atoms with Crippen LogP contribution in [0, 0.1) is 0 Å². The average Bonchev–Trinajstić information content (AvgIpc) is 2.83. The third-order valence-electron chi connectivity index (χ3n) is 3.63. The van der Waals surface area contributed by atoms with Gasteiger partial charge in [0.25, 0.3) is 5.91 Å². The van der Waals surface area contributed by atoms with E-state index in [1.54, 1.807) is 6.07 Å². The first kappa shape index (κ1) is 12.8. The zero-order valence-corrected chi connectivity index (χ0v) is 11.4. The molecule has 2 unspecified atom stereocenters. The van der Waals surface area contributed by atoms with Gasteiger partial charge in [-0.2, -0.15) is 0 Å². The van der Waals surface area contributed by atoms with Gasteiger partial charge in [-0.15, -0.1) is 0 Å². The Morgan fingerprint density at radius 2 is 2.37 bits per heavy atom. The van der Waals surface area contributed by atoms with Gasteiger partial charge in [0.15, 0.2) is 6.10 Å². The second-order valence-electron chi connectivity index (χ2n) is 5.11. The van der Waals surface area contributed by atoms with E-state index in [2.05, 4.69) is 10.6 Å². The van der Waals surface area contributed by atoms with Gasteiger partial charge in [0.1, 0.15) is 5.75 Å². The van der Waals surface area contributed by atoms with Gasteiger partial charge in [-0.3, -0.25) is 4.79 Å². The predicted molar refractivity (Wildman–Crippen MR) is 73.6 cm³/mol. The number of hydrogen-bond acceptors (Lipinski definition) is 3. The molecule has 0 spiro atoms. The molecule has 2 heterocycles. The average molecular weight is 281 g/mol. The van der Waals surface area contributed by atoms with E-state index in [1.165, 1.54) is 0 Å². The van der Waals surface area contributed by atoms with E-state index in [1.807, 2.05) is 12.1 Å². The van der Waals surface area contributed by atoms with Crippen LogP contribution < -0.4 is 15.4 Å². The summed E-state index contributed by atoms with van der Waals surface area (Å²) in [7, 11) is 0. The molecular weight excluding hydrogens is 264 g/mol. The van der Waals surface area contributed by atoms with E-state index in [0.29, 0.717) is 11.4 Å². The summed E-state index contributed by atoms with van der Waals surface area (Å²) in [6.07, 6.45) is 2.31. The lowest BCUT2D eigenvalue weighted by molar-refractivity contribution is -0.128. The summed E-state index contributed by atoms with van der Waals surface area (Å²) in [5.74, 6) is 0.743. The fourth-order valence-corrected chi connectivity index (χ4v) is 2.83. The number of benzene rings is 1. The fraction of sp³-hybridized carbons (Fsp3) is 0.500. The zero-order valence-electron chi connectivity index (χ0n) is 10.6. The molecule has 1 aromatic carbocycles. The van der Waals surface area contributed by atoms with E-state index in [9.17, 15) is 4.79 Å². The Labute approximate surface area is 117 Å². The van der Waals surface area contributed by atoms with Crippen LogP contribution in [0.25, 0.3) is 0 Å². The minimum absolute atomic E-state index is 0.0268. The van der Waals surface area contributed by atoms with Gasteiger partial charge in [0.2, 0.25) is 0 Å². The van der Waals surface area contributed by atoms with E-state index >= 15 is 0 Å². The van der Waals surface area contributed by atoms with Gasteiger partial charge in [-0.05, 0) is 43.1 Å². The van der Waals surface area contributed by atoms with Gasteiger partial charge < -0.3 is 15.4 Å². The molecule has 102 valence electrons. The molecule has 0 bridgehead atoms. The van der Waals surface area contributed by atoms with Crippen LogP contribution in [0.3, 0.4) is 0 Å². The van der Waals surface area contributed by atoms with Crippen LogP contribution in [0.5, 0.6) is 5.75 Å². The van der Waals surface area contributed by atoms with Crippen LogP contribution in [-0.2, 0) is 11.2 Å². The standard InChI is InChI=1S/C14H17ClN2O2/c15-10-3-4-12-9(6-10)7-13(19-12)14(18)17-11-2-1-5-16-8-11/h3-4,6,11,13,16H,1-2,5,7-8H2,(H,17,18). The normalized spacial score (nSPS) is 25.5. The van der Waals surface area contributed by atoms with Crippen molar-refractivity contribution in [2.75, 3.05) is 13.1 Å². The number of piperidine rings is 1. The maximum Gasteiger partial charge on any atom is 0.261 e. The Bertz CT molecular complexity index is 486. The van der Waals surface area contributed by atoms with Gasteiger partial charge in [0.05, 0.1) is 0 Å². The molecule has 1 fully saturated rings. The molecule has 2 aliphatic rings. The molecule has 0 aliphatic carbocycles.